The summed E-state index contributed by atoms with van der Waals surface area (Å²) in [6.45, 7) is 2.19. The minimum atomic E-state index is -0.972. The Balaban J connectivity index is 2.16. The van der Waals surface area contributed by atoms with E-state index in [-0.39, 0.29) is 0 Å². The highest BCUT2D eigenvalue weighted by Gasteiger charge is 2.16. The van der Waals surface area contributed by atoms with Crippen LogP contribution in [0.1, 0.15) is 31.7 Å². The number of hydrogen-bond acceptors (Lipinski definition) is 1. The quantitative estimate of drug-likeness (QED) is 0.737. The second-order valence-corrected chi connectivity index (χ2v) is 5.08. The summed E-state index contributed by atoms with van der Waals surface area (Å²) in [7, 11) is 0. The van der Waals surface area contributed by atoms with Crippen LogP contribution in [0.25, 0.3) is 0 Å². The van der Waals surface area contributed by atoms with Gasteiger partial charge in [-0.2, -0.15) is 0 Å². The zero-order valence-electron chi connectivity index (χ0n) is 12.3. The molecule has 1 N–H and O–H groups in total. The summed E-state index contributed by atoms with van der Waals surface area (Å²) in [5, 5.41) is 9.45. The minimum absolute atomic E-state index is 0.656. The minimum Gasteiger partial charge on any atom is -0.464 e. The van der Waals surface area contributed by atoms with Crippen LogP contribution in [-0.4, -0.2) is 11.2 Å². The van der Waals surface area contributed by atoms with Crippen molar-refractivity contribution >= 4 is 17.5 Å². The summed E-state index contributed by atoms with van der Waals surface area (Å²) >= 11 is 0. The van der Waals surface area contributed by atoms with E-state index < -0.39 is 6.09 Å². The van der Waals surface area contributed by atoms with E-state index in [2.05, 4.69) is 6.92 Å². The maximum Gasteiger partial charge on any atom is 0.416 e. The molecule has 0 aliphatic carbocycles. The Hall–Kier alpha value is -2.29. The van der Waals surface area contributed by atoms with Gasteiger partial charge in [0.05, 0.1) is 11.4 Å². The van der Waals surface area contributed by atoms with Gasteiger partial charge in [-0.05, 0) is 42.7 Å². The number of amides is 1. The van der Waals surface area contributed by atoms with Gasteiger partial charge in [-0.25, -0.2) is 9.69 Å². The van der Waals surface area contributed by atoms with Crippen molar-refractivity contribution in [2.24, 2.45) is 0 Å². The van der Waals surface area contributed by atoms with E-state index in [4.69, 9.17) is 0 Å². The molecule has 0 aliphatic rings. The third-order valence-electron chi connectivity index (χ3n) is 3.47. The largest absolute Gasteiger partial charge is 0.464 e. The molecule has 21 heavy (non-hydrogen) atoms. The van der Waals surface area contributed by atoms with Gasteiger partial charge in [0.1, 0.15) is 0 Å². The van der Waals surface area contributed by atoms with Gasteiger partial charge in [0.25, 0.3) is 0 Å². The Morgan fingerprint density at radius 2 is 1.57 bits per heavy atom. The molecular formula is C18H21NO2. The van der Waals surface area contributed by atoms with E-state index in [1.54, 1.807) is 12.1 Å². The van der Waals surface area contributed by atoms with Crippen LogP contribution in [0.15, 0.2) is 54.6 Å². The van der Waals surface area contributed by atoms with Crippen molar-refractivity contribution in [1.29, 1.82) is 0 Å². The molecule has 0 bridgehead atoms. The fourth-order valence-corrected chi connectivity index (χ4v) is 2.34. The van der Waals surface area contributed by atoms with Crippen molar-refractivity contribution in [2.45, 2.75) is 32.6 Å². The third kappa shape index (κ3) is 4.09. The van der Waals surface area contributed by atoms with Crippen molar-refractivity contribution in [2.75, 3.05) is 4.90 Å². The van der Waals surface area contributed by atoms with E-state index in [0.29, 0.717) is 11.4 Å². The van der Waals surface area contributed by atoms with Crippen molar-refractivity contribution in [3.63, 3.8) is 0 Å². The van der Waals surface area contributed by atoms with E-state index in [9.17, 15) is 9.90 Å². The van der Waals surface area contributed by atoms with Crippen LogP contribution in [0, 0.1) is 0 Å². The molecule has 2 aromatic carbocycles. The smallest absolute Gasteiger partial charge is 0.416 e. The van der Waals surface area contributed by atoms with Crippen molar-refractivity contribution < 1.29 is 9.90 Å². The molecule has 0 heterocycles. The van der Waals surface area contributed by atoms with E-state index in [0.717, 1.165) is 6.42 Å². The molecule has 0 spiro atoms. The molecule has 0 fully saturated rings. The van der Waals surface area contributed by atoms with Crippen LogP contribution >= 0.6 is 0 Å². The molecule has 1 amide bonds. The molecule has 0 aromatic heterocycles. The second kappa shape index (κ2) is 7.48. The van der Waals surface area contributed by atoms with Gasteiger partial charge in [-0.1, -0.05) is 50.1 Å². The maximum atomic E-state index is 11.5. The number of anilines is 2. The van der Waals surface area contributed by atoms with Gasteiger partial charge in [0.2, 0.25) is 0 Å². The predicted molar refractivity (Wildman–Crippen MR) is 86.3 cm³/mol. The number of rotatable bonds is 6. The Morgan fingerprint density at radius 3 is 2.14 bits per heavy atom. The lowest BCUT2D eigenvalue weighted by atomic mass is 10.1. The molecule has 2 aromatic rings. The number of nitrogens with zero attached hydrogens (tertiary/aromatic N) is 1. The van der Waals surface area contributed by atoms with Crippen molar-refractivity contribution in [1.82, 2.24) is 0 Å². The van der Waals surface area contributed by atoms with E-state index >= 15 is 0 Å². The molecule has 3 heteroatoms. The number of hydrogen-bond donors (Lipinski definition) is 1. The number of aryl methyl sites for hydroxylation is 1. The Bertz CT molecular complexity index is 564. The van der Waals surface area contributed by atoms with Gasteiger partial charge < -0.3 is 5.11 Å². The zero-order valence-corrected chi connectivity index (χ0v) is 12.3. The lowest BCUT2D eigenvalue weighted by Gasteiger charge is -2.19. The van der Waals surface area contributed by atoms with Crippen LogP contribution < -0.4 is 4.90 Å². The van der Waals surface area contributed by atoms with Gasteiger partial charge in [-0.15, -0.1) is 0 Å². The fraction of sp³-hybridized carbons (Fsp3) is 0.278. The molecular weight excluding hydrogens is 262 g/mol. The summed E-state index contributed by atoms with van der Waals surface area (Å²) < 4.78 is 0. The third-order valence-corrected chi connectivity index (χ3v) is 3.47. The van der Waals surface area contributed by atoms with Crippen LogP contribution in [0.3, 0.4) is 0 Å². The molecule has 0 atom stereocenters. The second-order valence-electron chi connectivity index (χ2n) is 5.08. The van der Waals surface area contributed by atoms with Crippen LogP contribution in [0.4, 0.5) is 16.2 Å². The SMILES string of the molecule is CCCCCc1ccc(N(C(=O)O)c2ccccc2)cc1. The molecule has 0 aliphatic heterocycles. The standard InChI is InChI=1S/C18H21NO2/c1-2-3-5-8-15-11-13-17(14-12-15)19(18(20)21)16-9-6-4-7-10-16/h4,6-7,9-14H,2-3,5,8H2,1H3,(H,20,21). The van der Waals surface area contributed by atoms with E-state index in [1.165, 1.54) is 29.7 Å². The van der Waals surface area contributed by atoms with Gasteiger partial charge in [-0.3, -0.25) is 0 Å². The summed E-state index contributed by atoms with van der Waals surface area (Å²) in [5.41, 5.74) is 2.59. The maximum absolute atomic E-state index is 11.5. The average molecular weight is 283 g/mol. The number of carboxylic acid groups (broad SMARTS) is 1. The number of unbranched alkanes of at least 4 members (excludes halogenated alkanes) is 2. The van der Waals surface area contributed by atoms with Crippen molar-refractivity contribution in [3.8, 4) is 0 Å². The topological polar surface area (TPSA) is 40.5 Å². The van der Waals surface area contributed by atoms with Gasteiger partial charge >= 0.3 is 6.09 Å². The van der Waals surface area contributed by atoms with Crippen molar-refractivity contribution in [3.05, 3.63) is 60.2 Å². The number of para-hydroxylation sites is 1. The average Bonchev–Trinajstić information content (AvgIpc) is 2.50. The highest BCUT2D eigenvalue weighted by atomic mass is 16.4. The van der Waals surface area contributed by atoms with Gasteiger partial charge in [0.15, 0.2) is 0 Å². The van der Waals surface area contributed by atoms with Crippen LogP contribution in [0.2, 0.25) is 0 Å². The Morgan fingerprint density at radius 1 is 0.952 bits per heavy atom. The molecule has 2 rings (SSSR count). The molecule has 0 unspecified atom stereocenters. The first kappa shape index (κ1) is 15.1. The van der Waals surface area contributed by atoms with Gasteiger partial charge in [0, 0.05) is 0 Å². The molecule has 110 valence electrons. The Kier molecular flexibility index (Phi) is 5.38. The zero-order chi connectivity index (χ0) is 15.1. The molecule has 3 nitrogen and oxygen atoms in total. The lowest BCUT2D eigenvalue weighted by molar-refractivity contribution is 0.205. The summed E-state index contributed by atoms with van der Waals surface area (Å²) in [6.07, 6.45) is 3.69. The first-order valence-electron chi connectivity index (χ1n) is 7.39. The number of carbonyl (C=O) groups is 1. The molecule has 0 saturated carbocycles. The number of benzene rings is 2. The summed E-state index contributed by atoms with van der Waals surface area (Å²) in [4.78, 5) is 12.8. The first-order chi connectivity index (χ1) is 10.2. The highest BCUT2D eigenvalue weighted by Crippen LogP contribution is 2.25. The normalized spacial score (nSPS) is 10.3. The molecule has 0 radical (unpaired) electrons. The molecule has 0 saturated heterocycles. The highest BCUT2D eigenvalue weighted by molar-refractivity contribution is 5.94. The lowest BCUT2D eigenvalue weighted by Crippen LogP contribution is -2.23. The summed E-state index contributed by atoms with van der Waals surface area (Å²) in [6, 6.07) is 16.9. The predicted octanol–water partition coefficient (Wildman–Crippen LogP) is 5.24. The van der Waals surface area contributed by atoms with Crippen LogP contribution in [-0.2, 0) is 6.42 Å². The monoisotopic (exact) mass is 283 g/mol. The first-order valence-corrected chi connectivity index (χ1v) is 7.39. The fourth-order valence-electron chi connectivity index (χ4n) is 2.34. The Labute approximate surface area is 125 Å². The van der Waals surface area contributed by atoms with Crippen LogP contribution in [0.5, 0.6) is 0 Å². The van der Waals surface area contributed by atoms with E-state index in [1.807, 2.05) is 42.5 Å². The summed E-state index contributed by atoms with van der Waals surface area (Å²) in [5.74, 6) is 0.